The fraction of sp³-hybridized carbons (Fsp3) is 0.500. The second-order valence-electron chi connectivity index (χ2n) is 9.89. The van der Waals surface area contributed by atoms with Gasteiger partial charge in [-0.25, -0.2) is 8.42 Å². The molecule has 3 rings (SSSR count). The molecule has 37 heavy (non-hydrogen) atoms. The van der Waals surface area contributed by atoms with Gasteiger partial charge in [-0.2, -0.15) is 0 Å². The highest BCUT2D eigenvalue weighted by Crippen LogP contribution is 2.28. The SMILES string of the molecule is CC[C@@H](C(=O)NC1CCCCC1)N(Cc1ccccc1Cl)C(=O)CN(c1c(C)cccc1C)S(C)(=O)=O. The van der Waals surface area contributed by atoms with Crippen LogP contribution in [0.3, 0.4) is 0 Å². The summed E-state index contributed by atoms with van der Waals surface area (Å²) in [5.74, 6) is -0.675. The van der Waals surface area contributed by atoms with Crippen LogP contribution in [-0.4, -0.2) is 50.0 Å². The van der Waals surface area contributed by atoms with E-state index in [4.69, 9.17) is 11.6 Å². The maximum absolute atomic E-state index is 13.9. The summed E-state index contributed by atoms with van der Waals surface area (Å²) in [6.45, 7) is 5.18. The van der Waals surface area contributed by atoms with Crippen molar-refractivity contribution in [1.29, 1.82) is 0 Å². The molecule has 1 aliphatic carbocycles. The minimum atomic E-state index is -3.79. The molecule has 0 spiro atoms. The van der Waals surface area contributed by atoms with Gasteiger partial charge in [-0.3, -0.25) is 13.9 Å². The Morgan fingerprint density at radius 3 is 2.22 bits per heavy atom. The van der Waals surface area contributed by atoms with Crippen LogP contribution >= 0.6 is 11.6 Å². The van der Waals surface area contributed by atoms with Crippen LogP contribution < -0.4 is 9.62 Å². The van der Waals surface area contributed by atoms with Crippen molar-refractivity contribution in [2.24, 2.45) is 0 Å². The van der Waals surface area contributed by atoms with E-state index in [9.17, 15) is 18.0 Å². The lowest BCUT2D eigenvalue weighted by atomic mass is 9.95. The van der Waals surface area contributed by atoms with Crippen molar-refractivity contribution in [1.82, 2.24) is 10.2 Å². The molecule has 2 aromatic rings. The topological polar surface area (TPSA) is 86.8 Å². The second kappa shape index (κ2) is 12.8. The Bertz CT molecular complexity index is 1190. The number of carbonyl (C=O) groups excluding carboxylic acids is 2. The minimum absolute atomic E-state index is 0.0923. The van der Waals surface area contributed by atoms with Gasteiger partial charge >= 0.3 is 0 Å². The Morgan fingerprint density at radius 1 is 1.03 bits per heavy atom. The number of carbonyl (C=O) groups is 2. The lowest BCUT2D eigenvalue weighted by Crippen LogP contribution is -2.54. The predicted octanol–water partition coefficient (Wildman–Crippen LogP) is 4.98. The molecule has 0 heterocycles. The van der Waals surface area contributed by atoms with Crippen LogP contribution in [-0.2, 0) is 26.2 Å². The summed E-state index contributed by atoms with van der Waals surface area (Å²) in [5, 5.41) is 3.63. The number of para-hydroxylation sites is 1. The molecule has 2 aromatic carbocycles. The van der Waals surface area contributed by atoms with E-state index in [-0.39, 0.29) is 18.5 Å². The highest BCUT2D eigenvalue weighted by Gasteiger charge is 2.33. The molecule has 7 nitrogen and oxygen atoms in total. The van der Waals surface area contributed by atoms with Crippen LogP contribution in [0, 0.1) is 13.8 Å². The van der Waals surface area contributed by atoms with E-state index in [1.807, 2.05) is 51.1 Å². The molecule has 0 saturated heterocycles. The summed E-state index contributed by atoms with van der Waals surface area (Å²) in [4.78, 5) is 28.8. The zero-order chi connectivity index (χ0) is 27.2. The summed E-state index contributed by atoms with van der Waals surface area (Å²) < 4.78 is 26.9. The van der Waals surface area contributed by atoms with E-state index in [0.717, 1.165) is 47.4 Å². The molecule has 0 bridgehead atoms. The van der Waals surface area contributed by atoms with Crippen LogP contribution in [0.2, 0.25) is 5.02 Å². The Morgan fingerprint density at radius 2 is 1.65 bits per heavy atom. The maximum atomic E-state index is 13.9. The highest BCUT2D eigenvalue weighted by atomic mass is 35.5. The first kappa shape index (κ1) is 29.0. The first-order valence-electron chi connectivity index (χ1n) is 12.9. The number of sulfonamides is 1. The standard InChI is InChI=1S/C28H38ClN3O4S/c1-5-25(28(34)30-23-15-7-6-8-16-23)31(18-22-14-9-10-17-24(22)29)26(33)19-32(37(4,35)36)27-20(2)12-11-13-21(27)3/h9-14,17,23,25H,5-8,15-16,18-19H2,1-4H3,(H,30,34)/t25-/m0/s1. The van der Waals surface area contributed by atoms with Gasteiger partial charge in [-0.05, 0) is 55.9 Å². The summed E-state index contributed by atoms with van der Waals surface area (Å²) in [7, 11) is -3.79. The van der Waals surface area contributed by atoms with Gasteiger partial charge in [-0.15, -0.1) is 0 Å². The fourth-order valence-corrected chi connectivity index (χ4v) is 6.21. The van der Waals surface area contributed by atoms with Crippen molar-refractivity contribution >= 4 is 39.1 Å². The van der Waals surface area contributed by atoms with Crippen molar-refractivity contribution in [2.45, 2.75) is 77.9 Å². The monoisotopic (exact) mass is 547 g/mol. The van der Waals surface area contributed by atoms with Crippen LogP contribution in [0.25, 0.3) is 0 Å². The molecule has 0 radical (unpaired) electrons. The van der Waals surface area contributed by atoms with Crippen LogP contribution in [0.15, 0.2) is 42.5 Å². The first-order valence-corrected chi connectivity index (χ1v) is 15.1. The number of nitrogens with one attached hydrogen (secondary N) is 1. The fourth-order valence-electron chi connectivity index (χ4n) is 5.05. The number of benzene rings is 2. The molecule has 202 valence electrons. The molecule has 2 amide bonds. The van der Waals surface area contributed by atoms with Gasteiger partial charge < -0.3 is 10.2 Å². The molecule has 1 atom stereocenters. The summed E-state index contributed by atoms with van der Waals surface area (Å²) in [6, 6.07) is 12.0. The van der Waals surface area contributed by atoms with Crippen molar-refractivity contribution in [3.05, 3.63) is 64.2 Å². The van der Waals surface area contributed by atoms with Gasteiger partial charge in [0.15, 0.2) is 0 Å². The van der Waals surface area contributed by atoms with Crippen molar-refractivity contribution < 1.29 is 18.0 Å². The van der Waals surface area contributed by atoms with E-state index in [2.05, 4.69) is 5.32 Å². The average molecular weight is 548 g/mol. The second-order valence-corrected chi connectivity index (χ2v) is 12.2. The van der Waals surface area contributed by atoms with Crippen molar-refractivity contribution in [2.75, 3.05) is 17.1 Å². The van der Waals surface area contributed by atoms with Crippen LogP contribution in [0.4, 0.5) is 5.69 Å². The van der Waals surface area contributed by atoms with Crippen molar-refractivity contribution in [3.8, 4) is 0 Å². The zero-order valence-electron chi connectivity index (χ0n) is 22.2. The molecule has 1 fully saturated rings. The number of hydrogen-bond donors (Lipinski definition) is 1. The third kappa shape index (κ3) is 7.48. The Labute approximate surface area is 226 Å². The van der Waals surface area contributed by atoms with Gasteiger partial charge in [0.2, 0.25) is 21.8 Å². The van der Waals surface area contributed by atoms with E-state index in [0.29, 0.717) is 22.7 Å². The molecular formula is C28H38ClN3O4S. The summed E-state index contributed by atoms with van der Waals surface area (Å²) in [5.41, 5.74) is 2.67. The first-order chi connectivity index (χ1) is 17.5. The summed E-state index contributed by atoms with van der Waals surface area (Å²) in [6.07, 6.45) is 6.64. The highest BCUT2D eigenvalue weighted by molar-refractivity contribution is 7.92. The van der Waals surface area contributed by atoms with E-state index in [1.54, 1.807) is 12.1 Å². The van der Waals surface area contributed by atoms with E-state index < -0.39 is 28.5 Å². The largest absolute Gasteiger partial charge is 0.352 e. The zero-order valence-corrected chi connectivity index (χ0v) is 23.7. The lowest BCUT2D eigenvalue weighted by Gasteiger charge is -2.35. The van der Waals surface area contributed by atoms with Crippen LogP contribution in [0.5, 0.6) is 0 Å². The van der Waals surface area contributed by atoms with Gasteiger partial charge in [0.25, 0.3) is 0 Å². The Hall–Kier alpha value is -2.58. The Kier molecular flexibility index (Phi) is 10.0. The number of nitrogens with zero attached hydrogens (tertiary/aromatic N) is 2. The molecule has 0 unspecified atom stereocenters. The molecule has 9 heteroatoms. The lowest BCUT2D eigenvalue weighted by molar-refractivity contribution is -0.140. The molecule has 1 N–H and O–H groups in total. The molecule has 1 aliphatic rings. The smallest absolute Gasteiger partial charge is 0.244 e. The number of halogens is 1. The summed E-state index contributed by atoms with van der Waals surface area (Å²) >= 11 is 6.43. The van der Waals surface area contributed by atoms with Gasteiger partial charge in [-0.1, -0.05) is 74.2 Å². The minimum Gasteiger partial charge on any atom is -0.352 e. The Balaban J connectivity index is 1.96. The van der Waals surface area contributed by atoms with Crippen molar-refractivity contribution in [3.63, 3.8) is 0 Å². The van der Waals surface area contributed by atoms with E-state index >= 15 is 0 Å². The normalized spacial score (nSPS) is 15.2. The van der Waals surface area contributed by atoms with Gasteiger partial charge in [0, 0.05) is 17.6 Å². The number of hydrogen-bond acceptors (Lipinski definition) is 4. The number of rotatable bonds is 10. The van der Waals surface area contributed by atoms with Crippen LogP contribution in [0.1, 0.15) is 62.1 Å². The quantitative estimate of drug-likeness (QED) is 0.454. The number of aryl methyl sites for hydroxylation is 2. The molecule has 0 aliphatic heterocycles. The third-order valence-electron chi connectivity index (χ3n) is 7.00. The van der Waals surface area contributed by atoms with Gasteiger partial charge in [0.05, 0.1) is 11.9 Å². The molecule has 1 saturated carbocycles. The van der Waals surface area contributed by atoms with Gasteiger partial charge in [0.1, 0.15) is 12.6 Å². The molecule has 0 aromatic heterocycles. The third-order valence-corrected chi connectivity index (χ3v) is 8.49. The number of anilines is 1. The van der Waals surface area contributed by atoms with E-state index in [1.165, 1.54) is 11.3 Å². The maximum Gasteiger partial charge on any atom is 0.244 e. The predicted molar refractivity (Wildman–Crippen MR) is 149 cm³/mol. The number of amides is 2. The average Bonchev–Trinajstić information content (AvgIpc) is 2.84. The molecular weight excluding hydrogens is 510 g/mol.